The van der Waals surface area contributed by atoms with Crippen LogP contribution in [0.5, 0.6) is 0 Å². The van der Waals surface area contributed by atoms with Crippen LogP contribution in [0.3, 0.4) is 0 Å². The summed E-state index contributed by atoms with van der Waals surface area (Å²) in [6, 6.07) is 59.1. The topological polar surface area (TPSA) is 16.4 Å². The van der Waals surface area contributed by atoms with Crippen molar-refractivity contribution < 1.29 is 4.42 Å². The first-order chi connectivity index (χ1) is 23.3. The van der Waals surface area contributed by atoms with Crippen molar-refractivity contribution in [3.8, 4) is 11.1 Å². The van der Waals surface area contributed by atoms with Gasteiger partial charge in [0.15, 0.2) is 0 Å². The number of hydrogen-bond donors (Lipinski definition) is 0. The highest BCUT2D eigenvalue weighted by molar-refractivity contribution is 7.26. The molecule has 47 heavy (non-hydrogen) atoms. The van der Waals surface area contributed by atoms with Crippen LogP contribution in [-0.2, 0) is 0 Å². The number of thiophene rings is 1. The molecule has 0 atom stereocenters. The molecular weight excluding hydrogens is 591 g/mol. The van der Waals surface area contributed by atoms with Gasteiger partial charge in [-0.1, -0.05) is 109 Å². The quantitative estimate of drug-likeness (QED) is 0.195. The van der Waals surface area contributed by atoms with Crippen LogP contribution in [0.15, 0.2) is 168 Å². The van der Waals surface area contributed by atoms with E-state index in [9.17, 15) is 0 Å². The van der Waals surface area contributed by atoms with Gasteiger partial charge < -0.3 is 9.32 Å². The summed E-state index contributed by atoms with van der Waals surface area (Å²) in [6.07, 6.45) is 0. The highest BCUT2D eigenvalue weighted by Gasteiger charge is 2.20. The molecule has 0 fully saturated rings. The molecule has 3 heteroatoms. The summed E-state index contributed by atoms with van der Waals surface area (Å²) >= 11 is 1.85. The molecule has 0 radical (unpaired) electrons. The third-order valence-electron chi connectivity index (χ3n) is 9.45. The Morgan fingerprint density at radius 3 is 2.06 bits per heavy atom. The SMILES string of the molecule is c1ccc2c(-c3ccc(N(c4ccc5c(ccc6oc7ccccc7c65)c4)c4cccc5sc6ccccc6c45)cc3)cccc2c1. The number of anilines is 3. The fourth-order valence-corrected chi connectivity index (χ4v) is 8.44. The number of fused-ring (bicyclic) bond motifs is 9. The second-order valence-electron chi connectivity index (χ2n) is 12.1. The maximum atomic E-state index is 6.22. The molecule has 2 nitrogen and oxygen atoms in total. The summed E-state index contributed by atoms with van der Waals surface area (Å²) in [7, 11) is 0. The van der Waals surface area contributed by atoms with Crippen molar-refractivity contribution in [1.82, 2.24) is 0 Å². The van der Waals surface area contributed by atoms with E-state index < -0.39 is 0 Å². The van der Waals surface area contributed by atoms with E-state index in [4.69, 9.17) is 4.42 Å². The number of nitrogens with zero attached hydrogens (tertiary/aromatic N) is 1. The summed E-state index contributed by atoms with van der Waals surface area (Å²) in [4.78, 5) is 2.42. The van der Waals surface area contributed by atoms with E-state index in [1.54, 1.807) is 0 Å². The third-order valence-corrected chi connectivity index (χ3v) is 10.6. The van der Waals surface area contributed by atoms with Crippen LogP contribution < -0.4 is 4.90 Å². The van der Waals surface area contributed by atoms with E-state index in [-0.39, 0.29) is 0 Å². The lowest BCUT2D eigenvalue weighted by Gasteiger charge is -2.27. The standard InChI is InChI=1S/C44H27NOS/c1-2-11-33-28(9-1)10-7-14-34(33)29-19-22-31(23-20-29)45(38-15-8-18-42-44(38)37-13-4-6-17-41(37)47-42)32-24-25-35-30(27-32)21-26-40-43(35)36-12-3-5-16-39(36)46-40/h1-27H. The van der Waals surface area contributed by atoms with Crippen LogP contribution >= 0.6 is 11.3 Å². The summed E-state index contributed by atoms with van der Waals surface area (Å²) in [5.74, 6) is 0. The van der Waals surface area contributed by atoms with Crippen molar-refractivity contribution in [1.29, 1.82) is 0 Å². The van der Waals surface area contributed by atoms with Crippen molar-refractivity contribution >= 4 is 92.1 Å². The molecule has 0 aliphatic heterocycles. The summed E-state index contributed by atoms with van der Waals surface area (Å²) in [5.41, 5.74) is 7.69. The first-order valence-electron chi connectivity index (χ1n) is 15.9. The Hall–Kier alpha value is -5.90. The second-order valence-corrected chi connectivity index (χ2v) is 13.2. The van der Waals surface area contributed by atoms with Crippen LogP contribution in [0.25, 0.3) is 74.8 Å². The predicted octanol–water partition coefficient (Wildman–Crippen LogP) is 13.4. The lowest BCUT2D eigenvalue weighted by Crippen LogP contribution is -2.10. The Kier molecular flexibility index (Phi) is 5.78. The van der Waals surface area contributed by atoms with Crippen LogP contribution in [-0.4, -0.2) is 0 Å². The van der Waals surface area contributed by atoms with Crippen LogP contribution in [0.2, 0.25) is 0 Å². The minimum absolute atomic E-state index is 0.918. The smallest absolute Gasteiger partial charge is 0.136 e. The molecule has 0 unspecified atom stereocenters. The number of hydrogen-bond acceptors (Lipinski definition) is 3. The molecule has 0 amide bonds. The minimum Gasteiger partial charge on any atom is -0.456 e. The zero-order valence-corrected chi connectivity index (χ0v) is 26.2. The molecule has 0 saturated carbocycles. The van der Waals surface area contributed by atoms with Crippen LogP contribution in [0.4, 0.5) is 17.1 Å². The largest absolute Gasteiger partial charge is 0.456 e. The number of rotatable bonds is 4. The Labute approximate surface area is 275 Å². The molecule has 2 aromatic heterocycles. The Morgan fingerprint density at radius 1 is 0.426 bits per heavy atom. The van der Waals surface area contributed by atoms with E-state index in [0.717, 1.165) is 27.9 Å². The Morgan fingerprint density at radius 2 is 1.15 bits per heavy atom. The van der Waals surface area contributed by atoms with Gasteiger partial charge in [-0.2, -0.15) is 0 Å². The number of benzene rings is 8. The van der Waals surface area contributed by atoms with E-state index in [2.05, 4.69) is 157 Å². The van der Waals surface area contributed by atoms with E-state index >= 15 is 0 Å². The zero-order chi connectivity index (χ0) is 30.9. The molecule has 0 spiro atoms. The molecule has 10 aromatic rings. The van der Waals surface area contributed by atoms with Crippen molar-refractivity contribution in [2.45, 2.75) is 0 Å². The van der Waals surface area contributed by atoms with Crippen molar-refractivity contribution in [3.05, 3.63) is 164 Å². The lowest BCUT2D eigenvalue weighted by atomic mass is 9.98. The number of furan rings is 1. The minimum atomic E-state index is 0.918. The number of para-hydroxylation sites is 1. The van der Waals surface area contributed by atoms with Gasteiger partial charge in [0.25, 0.3) is 0 Å². The maximum Gasteiger partial charge on any atom is 0.136 e. The highest BCUT2D eigenvalue weighted by Crippen LogP contribution is 2.46. The van der Waals surface area contributed by atoms with Gasteiger partial charge in [-0.3, -0.25) is 0 Å². The third kappa shape index (κ3) is 4.10. The molecule has 0 bridgehead atoms. The molecule has 0 aliphatic rings. The Balaban J connectivity index is 1.20. The normalized spacial score (nSPS) is 11.8. The average molecular weight is 618 g/mol. The van der Waals surface area contributed by atoms with E-state index in [1.165, 1.54) is 63.9 Å². The van der Waals surface area contributed by atoms with Crippen LogP contribution in [0, 0.1) is 0 Å². The van der Waals surface area contributed by atoms with Crippen molar-refractivity contribution in [3.63, 3.8) is 0 Å². The fraction of sp³-hybridized carbons (Fsp3) is 0. The monoisotopic (exact) mass is 617 g/mol. The molecule has 0 aliphatic carbocycles. The molecule has 0 N–H and O–H groups in total. The lowest BCUT2D eigenvalue weighted by molar-refractivity contribution is 0.669. The van der Waals surface area contributed by atoms with Crippen molar-refractivity contribution in [2.75, 3.05) is 4.90 Å². The summed E-state index contributed by atoms with van der Waals surface area (Å²) in [5, 5.41) is 9.78. The first-order valence-corrected chi connectivity index (χ1v) is 16.7. The van der Waals surface area contributed by atoms with Gasteiger partial charge >= 0.3 is 0 Å². The van der Waals surface area contributed by atoms with E-state index in [1.807, 2.05) is 23.5 Å². The molecule has 0 saturated heterocycles. The van der Waals surface area contributed by atoms with E-state index in [0.29, 0.717) is 0 Å². The van der Waals surface area contributed by atoms with Gasteiger partial charge in [0, 0.05) is 42.3 Å². The maximum absolute atomic E-state index is 6.22. The average Bonchev–Trinajstić information content (AvgIpc) is 3.71. The first kappa shape index (κ1) is 26.3. The second kappa shape index (κ2) is 10.3. The van der Waals surface area contributed by atoms with Gasteiger partial charge in [0.05, 0.1) is 5.69 Å². The molecule has 220 valence electrons. The summed E-state index contributed by atoms with van der Waals surface area (Å²) in [6.45, 7) is 0. The van der Waals surface area contributed by atoms with Gasteiger partial charge in [-0.25, -0.2) is 0 Å². The predicted molar refractivity (Wildman–Crippen MR) is 202 cm³/mol. The zero-order valence-electron chi connectivity index (χ0n) is 25.4. The van der Waals surface area contributed by atoms with Crippen LogP contribution in [0.1, 0.15) is 0 Å². The fourth-order valence-electron chi connectivity index (χ4n) is 7.32. The molecule has 2 heterocycles. The highest BCUT2D eigenvalue weighted by atomic mass is 32.1. The molecule has 10 rings (SSSR count). The van der Waals surface area contributed by atoms with Gasteiger partial charge in [0.2, 0.25) is 0 Å². The van der Waals surface area contributed by atoms with Gasteiger partial charge in [0.1, 0.15) is 11.2 Å². The molecule has 8 aromatic carbocycles. The summed E-state index contributed by atoms with van der Waals surface area (Å²) < 4.78 is 8.81. The Bertz CT molecular complexity index is 2800. The van der Waals surface area contributed by atoms with Gasteiger partial charge in [-0.05, 0) is 87.3 Å². The van der Waals surface area contributed by atoms with Crippen molar-refractivity contribution in [2.24, 2.45) is 0 Å². The molecular formula is C44H27NOS. The van der Waals surface area contributed by atoms with Gasteiger partial charge in [-0.15, -0.1) is 11.3 Å².